The van der Waals surface area contributed by atoms with Gasteiger partial charge in [-0.15, -0.1) is 0 Å². The molecular formula is C15H13FINO2. The molecule has 0 saturated carbocycles. The summed E-state index contributed by atoms with van der Waals surface area (Å²) in [6.45, 7) is 0.316. The highest BCUT2D eigenvalue weighted by Gasteiger charge is 2.03. The van der Waals surface area contributed by atoms with Gasteiger partial charge in [0.1, 0.15) is 11.6 Å². The van der Waals surface area contributed by atoms with Crippen molar-refractivity contribution in [2.75, 3.05) is 6.61 Å². The Balaban J connectivity index is 1.75. The molecule has 0 atom stereocenters. The van der Waals surface area contributed by atoms with Gasteiger partial charge in [-0.2, -0.15) is 0 Å². The number of hydrogen-bond donors (Lipinski definition) is 1. The van der Waals surface area contributed by atoms with Crippen LogP contribution in [0.5, 0.6) is 5.75 Å². The van der Waals surface area contributed by atoms with Gasteiger partial charge in [0.15, 0.2) is 6.61 Å². The number of nitrogens with one attached hydrogen (secondary N) is 1. The monoisotopic (exact) mass is 385 g/mol. The fraction of sp³-hybridized carbons (Fsp3) is 0.133. The lowest BCUT2D eigenvalue weighted by Crippen LogP contribution is -2.28. The Bertz CT molecular complexity index is 518. The number of hydrogen-bond acceptors (Lipinski definition) is 2. The molecule has 0 aromatic heterocycles. The first-order valence-electron chi connectivity index (χ1n) is 6.03. The number of ether oxygens (including phenoxy) is 1. The van der Waals surface area contributed by atoms with E-state index >= 15 is 0 Å². The predicted octanol–water partition coefficient (Wildman–Crippen LogP) is 3.13. The molecule has 0 radical (unpaired) electrons. The minimum atomic E-state index is -0.290. The second-order valence-corrected chi connectivity index (χ2v) is 5.39. The van der Waals surface area contributed by atoms with Crippen molar-refractivity contribution in [2.45, 2.75) is 6.54 Å². The van der Waals surface area contributed by atoms with Crippen LogP contribution in [0.25, 0.3) is 0 Å². The van der Waals surface area contributed by atoms with Gasteiger partial charge in [0.25, 0.3) is 5.91 Å². The number of carbonyl (C=O) groups excluding carboxylic acids is 1. The molecule has 1 N–H and O–H groups in total. The highest BCUT2D eigenvalue weighted by molar-refractivity contribution is 14.1. The molecule has 2 aromatic carbocycles. The average Bonchev–Trinajstić information content (AvgIpc) is 2.46. The van der Waals surface area contributed by atoms with Crippen LogP contribution < -0.4 is 10.1 Å². The Morgan fingerprint density at radius 1 is 1.10 bits per heavy atom. The van der Waals surface area contributed by atoms with Gasteiger partial charge in [0, 0.05) is 10.1 Å². The van der Waals surface area contributed by atoms with E-state index in [2.05, 4.69) is 27.9 Å². The van der Waals surface area contributed by atoms with Crippen molar-refractivity contribution in [3.05, 3.63) is 63.5 Å². The zero-order chi connectivity index (χ0) is 14.4. The molecule has 0 saturated heterocycles. The molecule has 20 heavy (non-hydrogen) atoms. The molecule has 5 heteroatoms. The third kappa shape index (κ3) is 4.80. The topological polar surface area (TPSA) is 38.3 Å². The smallest absolute Gasteiger partial charge is 0.258 e. The summed E-state index contributed by atoms with van der Waals surface area (Å²) in [7, 11) is 0. The average molecular weight is 385 g/mol. The molecule has 0 aliphatic heterocycles. The fourth-order valence-corrected chi connectivity index (χ4v) is 1.89. The van der Waals surface area contributed by atoms with E-state index in [0.29, 0.717) is 12.3 Å². The molecule has 0 spiro atoms. The molecule has 0 bridgehead atoms. The largest absolute Gasteiger partial charge is 0.484 e. The number of benzene rings is 2. The molecule has 1 amide bonds. The standard InChI is InChI=1S/C15H13FINO2/c16-12-3-1-11(2-4-12)9-18-15(19)10-20-14-7-5-13(17)6-8-14/h1-8H,9-10H2,(H,18,19). The lowest BCUT2D eigenvalue weighted by atomic mass is 10.2. The van der Waals surface area contributed by atoms with Crippen molar-refractivity contribution < 1.29 is 13.9 Å². The van der Waals surface area contributed by atoms with Crippen LogP contribution in [0.3, 0.4) is 0 Å². The molecule has 2 rings (SSSR count). The molecular weight excluding hydrogens is 372 g/mol. The summed E-state index contributed by atoms with van der Waals surface area (Å²) in [6.07, 6.45) is 0. The van der Waals surface area contributed by atoms with Gasteiger partial charge in [0.05, 0.1) is 0 Å². The third-order valence-electron chi connectivity index (χ3n) is 2.59. The highest BCUT2D eigenvalue weighted by Crippen LogP contribution is 2.13. The Labute approximate surface area is 130 Å². The maximum absolute atomic E-state index is 12.7. The van der Waals surface area contributed by atoms with Crippen LogP contribution in [-0.2, 0) is 11.3 Å². The van der Waals surface area contributed by atoms with E-state index < -0.39 is 0 Å². The summed E-state index contributed by atoms with van der Waals surface area (Å²) in [5.74, 6) is 0.150. The molecule has 0 unspecified atom stereocenters. The van der Waals surface area contributed by atoms with Gasteiger partial charge < -0.3 is 10.1 Å². The fourth-order valence-electron chi connectivity index (χ4n) is 1.53. The van der Waals surface area contributed by atoms with E-state index in [1.807, 2.05) is 24.3 Å². The minimum Gasteiger partial charge on any atom is -0.484 e. The molecule has 2 aromatic rings. The lowest BCUT2D eigenvalue weighted by Gasteiger charge is -2.07. The van der Waals surface area contributed by atoms with Crippen molar-refractivity contribution in [1.82, 2.24) is 5.32 Å². The van der Waals surface area contributed by atoms with E-state index in [4.69, 9.17) is 4.74 Å². The van der Waals surface area contributed by atoms with E-state index in [1.165, 1.54) is 12.1 Å². The minimum absolute atomic E-state index is 0.0399. The number of rotatable bonds is 5. The summed E-state index contributed by atoms with van der Waals surface area (Å²) >= 11 is 2.20. The highest BCUT2D eigenvalue weighted by atomic mass is 127. The van der Waals surface area contributed by atoms with Crippen molar-refractivity contribution in [1.29, 1.82) is 0 Å². The normalized spacial score (nSPS) is 10.1. The lowest BCUT2D eigenvalue weighted by molar-refractivity contribution is -0.123. The van der Waals surface area contributed by atoms with E-state index in [9.17, 15) is 9.18 Å². The van der Waals surface area contributed by atoms with Crippen LogP contribution in [0.2, 0.25) is 0 Å². The molecule has 3 nitrogen and oxygen atoms in total. The zero-order valence-electron chi connectivity index (χ0n) is 10.6. The summed E-state index contributed by atoms with van der Waals surface area (Å²) in [4.78, 5) is 11.6. The third-order valence-corrected chi connectivity index (χ3v) is 3.31. The summed E-state index contributed by atoms with van der Waals surface area (Å²) < 4.78 is 19.2. The molecule has 0 heterocycles. The first-order valence-corrected chi connectivity index (χ1v) is 7.11. The number of carbonyl (C=O) groups is 1. The van der Waals surface area contributed by atoms with Gasteiger partial charge in [-0.05, 0) is 64.6 Å². The van der Waals surface area contributed by atoms with Crippen LogP contribution in [0.15, 0.2) is 48.5 Å². The number of halogens is 2. The van der Waals surface area contributed by atoms with Gasteiger partial charge >= 0.3 is 0 Å². The number of amides is 1. The van der Waals surface area contributed by atoms with Crippen LogP contribution in [-0.4, -0.2) is 12.5 Å². The molecule has 104 valence electrons. The van der Waals surface area contributed by atoms with E-state index in [1.54, 1.807) is 12.1 Å². The van der Waals surface area contributed by atoms with Crippen molar-refractivity contribution in [3.8, 4) is 5.75 Å². The molecule has 0 fully saturated rings. The van der Waals surface area contributed by atoms with E-state index in [0.717, 1.165) is 9.13 Å². The summed E-state index contributed by atoms with van der Waals surface area (Å²) in [5, 5.41) is 2.71. The van der Waals surface area contributed by atoms with E-state index in [-0.39, 0.29) is 18.3 Å². The maximum Gasteiger partial charge on any atom is 0.258 e. The zero-order valence-corrected chi connectivity index (χ0v) is 12.8. The van der Waals surface area contributed by atoms with Gasteiger partial charge in [-0.1, -0.05) is 12.1 Å². The Morgan fingerprint density at radius 3 is 2.40 bits per heavy atom. The van der Waals surface area contributed by atoms with Crippen LogP contribution in [0.4, 0.5) is 4.39 Å². The second-order valence-electron chi connectivity index (χ2n) is 4.15. The molecule has 0 aliphatic carbocycles. The van der Waals surface area contributed by atoms with Crippen molar-refractivity contribution >= 4 is 28.5 Å². The van der Waals surface area contributed by atoms with Gasteiger partial charge in [-0.25, -0.2) is 4.39 Å². The first kappa shape index (κ1) is 14.8. The van der Waals surface area contributed by atoms with Crippen LogP contribution in [0, 0.1) is 9.39 Å². The van der Waals surface area contributed by atoms with Crippen molar-refractivity contribution in [2.24, 2.45) is 0 Å². The maximum atomic E-state index is 12.7. The molecule has 0 aliphatic rings. The van der Waals surface area contributed by atoms with Crippen molar-refractivity contribution in [3.63, 3.8) is 0 Å². The van der Waals surface area contributed by atoms with Crippen LogP contribution in [0.1, 0.15) is 5.56 Å². The predicted molar refractivity (Wildman–Crippen MR) is 82.9 cm³/mol. The SMILES string of the molecule is O=C(COc1ccc(I)cc1)NCc1ccc(F)cc1. The summed E-state index contributed by atoms with van der Waals surface area (Å²) in [6, 6.07) is 13.4. The summed E-state index contributed by atoms with van der Waals surface area (Å²) in [5.41, 5.74) is 0.842. The first-order chi connectivity index (χ1) is 9.63. The van der Waals surface area contributed by atoms with Gasteiger partial charge in [0.2, 0.25) is 0 Å². The Kier molecular flexibility index (Phi) is 5.34. The quantitative estimate of drug-likeness (QED) is 0.804. The Morgan fingerprint density at radius 2 is 1.75 bits per heavy atom. The van der Waals surface area contributed by atoms with Gasteiger partial charge in [-0.3, -0.25) is 4.79 Å². The Hall–Kier alpha value is -1.63. The second kappa shape index (κ2) is 7.23. The van der Waals surface area contributed by atoms with Crippen LogP contribution >= 0.6 is 22.6 Å².